The first kappa shape index (κ1) is 16.6. The first-order chi connectivity index (χ1) is 12.2. The second kappa shape index (κ2) is 7.53. The number of benzene rings is 2. The number of carbonyl (C=O) groups excluding carboxylic acids is 1. The molecule has 3 aromatic rings. The highest BCUT2D eigenvalue weighted by molar-refractivity contribution is 5.93. The number of rotatable bonds is 6. The van der Waals surface area contributed by atoms with E-state index in [-0.39, 0.29) is 18.1 Å². The fourth-order valence-corrected chi connectivity index (χ4v) is 2.48. The molecule has 0 unspecified atom stereocenters. The van der Waals surface area contributed by atoms with E-state index in [0.29, 0.717) is 17.3 Å². The zero-order valence-electron chi connectivity index (χ0n) is 14.0. The zero-order chi connectivity index (χ0) is 17.6. The summed E-state index contributed by atoms with van der Waals surface area (Å²) in [5.41, 5.74) is 1.89. The minimum absolute atomic E-state index is 0.223. The summed E-state index contributed by atoms with van der Waals surface area (Å²) in [6.07, 6.45) is 0. The van der Waals surface area contributed by atoms with Gasteiger partial charge in [0, 0.05) is 23.7 Å². The molecule has 0 fully saturated rings. The van der Waals surface area contributed by atoms with Gasteiger partial charge in [-0.15, -0.1) is 0 Å². The molecule has 0 bridgehead atoms. The van der Waals surface area contributed by atoms with E-state index in [0.717, 1.165) is 11.1 Å². The normalized spacial score (nSPS) is 10.3. The Morgan fingerprint density at radius 3 is 2.60 bits per heavy atom. The van der Waals surface area contributed by atoms with Gasteiger partial charge in [0.15, 0.2) is 23.0 Å². The van der Waals surface area contributed by atoms with Crippen LogP contribution in [0.5, 0.6) is 11.5 Å². The van der Waals surface area contributed by atoms with E-state index < -0.39 is 0 Å². The van der Waals surface area contributed by atoms with Gasteiger partial charge in [-0.3, -0.25) is 4.79 Å². The van der Waals surface area contributed by atoms with Crippen molar-refractivity contribution in [3.8, 4) is 22.8 Å². The molecule has 0 aliphatic rings. The molecule has 2 aromatic carbocycles. The summed E-state index contributed by atoms with van der Waals surface area (Å²) in [6, 6.07) is 16.6. The molecule has 0 spiro atoms. The van der Waals surface area contributed by atoms with Gasteiger partial charge < -0.3 is 19.3 Å². The molecule has 6 heteroatoms. The molecule has 0 saturated heterocycles. The van der Waals surface area contributed by atoms with Crippen LogP contribution in [0.1, 0.15) is 16.1 Å². The molecule has 1 N–H and O–H groups in total. The SMILES string of the molecule is COc1cccc(CNC(=O)c2cc(-c3ccccc3)on2)c1OC. The third-order valence-electron chi connectivity index (χ3n) is 3.72. The second-order valence-corrected chi connectivity index (χ2v) is 5.28. The van der Waals surface area contributed by atoms with Crippen LogP contribution in [-0.2, 0) is 6.54 Å². The van der Waals surface area contributed by atoms with Crippen molar-refractivity contribution in [3.05, 3.63) is 65.9 Å². The molecule has 25 heavy (non-hydrogen) atoms. The fraction of sp³-hybridized carbons (Fsp3) is 0.158. The smallest absolute Gasteiger partial charge is 0.273 e. The van der Waals surface area contributed by atoms with Crippen LogP contribution < -0.4 is 14.8 Å². The molecule has 0 aliphatic heterocycles. The number of para-hydroxylation sites is 1. The average molecular weight is 338 g/mol. The number of aromatic nitrogens is 1. The van der Waals surface area contributed by atoms with Gasteiger partial charge in [0.1, 0.15) is 0 Å². The van der Waals surface area contributed by atoms with Crippen molar-refractivity contribution in [1.82, 2.24) is 10.5 Å². The van der Waals surface area contributed by atoms with Crippen LogP contribution >= 0.6 is 0 Å². The lowest BCUT2D eigenvalue weighted by Gasteiger charge is -2.12. The Balaban J connectivity index is 1.71. The van der Waals surface area contributed by atoms with E-state index in [4.69, 9.17) is 14.0 Å². The van der Waals surface area contributed by atoms with Crippen molar-refractivity contribution in [2.75, 3.05) is 14.2 Å². The van der Waals surface area contributed by atoms with Crippen LogP contribution in [0.2, 0.25) is 0 Å². The predicted octanol–water partition coefficient (Wildman–Crippen LogP) is 3.29. The molecular formula is C19H18N2O4. The van der Waals surface area contributed by atoms with Crippen LogP contribution in [0.15, 0.2) is 59.1 Å². The summed E-state index contributed by atoms with van der Waals surface area (Å²) in [4.78, 5) is 12.3. The fourth-order valence-electron chi connectivity index (χ4n) is 2.48. The van der Waals surface area contributed by atoms with Crippen LogP contribution in [0.25, 0.3) is 11.3 Å². The minimum Gasteiger partial charge on any atom is -0.493 e. The van der Waals surface area contributed by atoms with E-state index >= 15 is 0 Å². The molecule has 1 aromatic heterocycles. The van der Waals surface area contributed by atoms with E-state index in [2.05, 4.69) is 10.5 Å². The van der Waals surface area contributed by atoms with Crippen molar-refractivity contribution in [2.45, 2.75) is 6.54 Å². The maximum Gasteiger partial charge on any atom is 0.273 e. The van der Waals surface area contributed by atoms with Gasteiger partial charge in [0.25, 0.3) is 5.91 Å². The quantitative estimate of drug-likeness (QED) is 0.746. The number of hydrogen-bond acceptors (Lipinski definition) is 5. The van der Waals surface area contributed by atoms with Gasteiger partial charge in [-0.25, -0.2) is 0 Å². The number of amides is 1. The monoisotopic (exact) mass is 338 g/mol. The summed E-state index contributed by atoms with van der Waals surface area (Å²) >= 11 is 0. The molecule has 128 valence electrons. The molecule has 1 amide bonds. The maximum atomic E-state index is 12.3. The van der Waals surface area contributed by atoms with Crippen LogP contribution in [-0.4, -0.2) is 25.3 Å². The lowest BCUT2D eigenvalue weighted by atomic mass is 10.1. The van der Waals surface area contributed by atoms with Gasteiger partial charge in [-0.1, -0.05) is 47.6 Å². The Bertz CT molecular complexity index is 859. The third-order valence-corrected chi connectivity index (χ3v) is 3.72. The number of methoxy groups -OCH3 is 2. The Morgan fingerprint density at radius 2 is 1.88 bits per heavy atom. The molecule has 0 aliphatic carbocycles. The van der Waals surface area contributed by atoms with E-state index in [1.54, 1.807) is 26.4 Å². The Morgan fingerprint density at radius 1 is 1.08 bits per heavy atom. The molecular weight excluding hydrogens is 320 g/mol. The van der Waals surface area contributed by atoms with Gasteiger partial charge >= 0.3 is 0 Å². The van der Waals surface area contributed by atoms with E-state index in [1.165, 1.54) is 0 Å². The van der Waals surface area contributed by atoms with Gasteiger partial charge in [-0.05, 0) is 6.07 Å². The van der Waals surface area contributed by atoms with Crippen LogP contribution in [0.4, 0.5) is 0 Å². The zero-order valence-corrected chi connectivity index (χ0v) is 14.0. The molecule has 0 saturated carbocycles. The van der Waals surface area contributed by atoms with E-state index in [9.17, 15) is 4.79 Å². The number of nitrogens with zero attached hydrogens (tertiary/aromatic N) is 1. The van der Waals surface area contributed by atoms with Crippen molar-refractivity contribution in [3.63, 3.8) is 0 Å². The van der Waals surface area contributed by atoms with Crippen LogP contribution in [0, 0.1) is 0 Å². The number of carbonyl (C=O) groups is 1. The van der Waals surface area contributed by atoms with Crippen molar-refractivity contribution in [2.24, 2.45) is 0 Å². The third kappa shape index (κ3) is 3.63. The summed E-state index contributed by atoms with van der Waals surface area (Å²) in [5, 5.41) is 6.65. The predicted molar refractivity (Wildman–Crippen MR) is 92.7 cm³/mol. The van der Waals surface area contributed by atoms with Crippen LogP contribution in [0.3, 0.4) is 0 Å². The first-order valence-corrected chi connectivity index (χ1v) is 7.73. The summed E-state index contributed by atoms with van der Waals surface area (Å²) in [6.45, 7) is 0.284. The summed E-state index contributed by atoms with van der Waals surface area (Å²) in [7, 11) is 3.13. The first-order valence-electron chi connectivity index (χ1n) is 7.73. The van der Waals surface area contributed by atoms with Crippen molar-refractivity contribution >= 4 is 5.91 Å². The Kier molecular flexibility index (Phi) is 4.99. The lowest BCUT2D eigenvalue weighted by molar-refractivity contribution is 0.0941. The highest BCUT2D eigenvalue weighted by atomic mass is 16.5. The largest absolute Gasteiger partial charge is 0.493 e. The number of ether oxygens (including phenoxy) is 2. The number of nitrogens with one attached hydrogen (secondary N) is 1. The maximum absolute atomic E-state index is 12.3. The number of hydrogen-bond donors (Lipinski definition) is 1. The van der Waals surface area contributed by atoms with Crippen molar-refractivity contribution < 1.29 is 18.8 Å². The standard InChI is InChI=1S/C19H18N2O4/c1-23-16-10-6-9-14(18(16)24-2)12-20-19(22)15-11-17(25-21-15)13-7-4-3-5-8-13/h3-11H,12H2,1-2H3,(H,20,22). The van der Waals surface area contributed by atoms with Gasteiger partial charge in [0.2, 0.25) is 0 Å². The Hall–Kier alpha value is -3.28. The minimum atomic E-state index is -0.323. The lowest BCUT2D eigenvalue weighted by Crippen LogP contribution is -2.23. The molecule has 0 atom stereocenters. The van der Waals surface area contributed by atoms with Gasteiger partial charge in [-0.2, -0.15) is 0 Å². The molecule has 1 heterocycles. The Labute approximate surface area is 145 Å². The molecule has 3 rings (SSSR count). The van der Waals surface area contributed by atoms with E-state index in [1.807, 2.05) is 42.5 Å². The highest BCUT2D eigenvalue weighted by Gasteiger charge is 2.15. The second-order valence-electron chi connectivity index (χ2n) is 5.28. The summed E-state index contributed by atoms with van der Waals surface area (Å²) in [5.74, 6) is 1.43. The molecule has 6 nitrogen and oxygen atoms in total. The highest BCUT2D eigenvalue weighted by Crippen LogP contribution is 2.30. The van der Waals surface area contributed by atoms with Gasteiger partial charge in [0.05, 0.1) is 14.2 Å². The van der Waals surface area contributed by atoms with Crippen molar-refractivity contribution in [1.29, 1.82) is 0 Å². The summed E-state index contributed by atoms with van der Waals surface area (Å²) < 4.78 is 15.9. The average Bonchev–Trinajstić information content (AvgIpc) is 3.16. The topological polar surface area (TPSA) is 73.6 Å². The molecule has 0 radical (unpaired) electrons.